The van der Waals surface area contributed by atoms with Gasteiger partial charge in [0.1, 0.15) is 22.9 Å². The molecule has 1 aromatic heterocycles. The van der Waals surface area contributed by atoms with Crippen LogP contribution in [0.4, 0.5) is 20.7 Å². The molecule has 1 aliphatic carbocycles. The van der Waals surface area contributed by atoms with Gasteiger partial charge in [-0.25, -0.2) is 14.1 Å². The fraction of sp³-hybridized carbons (Fsp3) is 0.350. The zero-order chi connectivity index (χ0) is 21.5. The number of urea groups is 1. The molecule has 0 aliphatic heterocycles. The largest absolute Gasteiger partial charge is 0.495 e. The van der Waals surface area contributed by atoms with Crippen molar-refractivity contribution in [3.63, 3.8) is 0 Å². The lowest BCUT2D eigenvalue weighted by atomic mass is 10.1. The Kier molecular flexibility index (Phi) is 5.97. The van der Waals surface area contributed by atoms with E-state index >= 15 is 0 Å². The molecule has 0 atom stereocenters. The van der Waals surface area contributed by atoms with Crippen molar-refractivity contribution in [3.8, 4) is 5.75 Å². The summed E-state index contributed by atoms with van der Waals surface area (Å²) in [6, 6.07) is 3.75. The topological polar surface area (TPSA) is 80.6 Å². The number of hydrogen-bond acceptors (Lipinski definition) is 4. The third-order valence-electron chi connectivity index (χ3n) is 4.76. The molecule has 1 heterocycles. The van der Waals surface area contributed by atoms with E-state index in [1.165, 1.54) is 44.7 Å². The summed E-state index contributed by atoms with van der Waals surface area (Å²) in [5, 5.41) is 2.81. The minimum atomic E-state index is -0.649. The van der Waals surface area contributed by atoms with Crippen LogP contribution in [0, 0.1) is 16.3 Å². The summed E-state index contributed by atoms with van der Waals surface area (Å²) in [6.07, 6.45) is 1.65. The van der Waals surface area contributed by atoms with Crippen molar-refractivity contribution >= 4 is 45.9 Å². The molecule has 1 N–H and O–H groups in total. The maximum absolute atomic E-state index is 14.9. The van der Waals surface area contributed by atoms with Crippen LogP contribution < -0.4 is 20.5 Å². The average Bonchev–Trinajstić information content (AvgIpc) is 3.46. The van der Waals surface area contributed by atoms with Crippen molar-refractivity contribution in [3.05, 3.63) is 49.1 Å². The van der Waals surface area contributed by atoms with Crippen molar-refractivity contribution in [2.24, 2.45) is 7.05 Å². The van der Waals surface area contributed by atoms with Gasteiger partial charge in [-0.2, -0.15) is 0 Å². The Morgan fingerprint density at radius 3 is 2.52 bits per heavy atom. The number of carbonyl (C=O) groups excluding carboxylic acids is 2. The fourth-order valence-electron chi connectivity index (χ4n) is 3.19. The fourth-order valence-corrected chi connectivity index (χ4v) is 3.64. The van der Waals surface area contributed by atoms with Crippen LogP contribution in [0.1, 0.15) is 35.7 Å². The van der Waals surface area contributed by atoms with Gasteiger partial charge in [0, 0.05) is 16.7 Å². The number of benzene rings is 1. The van der Waals surface area contributed by atoms with Gasteiger partial charge in [0.15, 0.2) is 5.78 Å². The number of nitrogens with zero attached hydrogens (tertiary/aromatic N) is 2. The van der Waals surface area contributed by atoms with E-state index in [-0.39, 0.29) is 34.4 Å². The van der Waals surface area contributed by atoms with Crippen LogP contribution >= 0.6 is 22.6 Å². The van der Waals surface area contributed by atoms with E-state index in [0.29, 0.717) is 3.57 Å². The van der Waals surface area contributed by atoms with Crippen molar-refractivity contribution in [2.45, 2.75) is 32.7 Å². The van der Waals surface area contributed by atoms with E-state index in [2.05, 4.69) is 5.32 Å². The van der Waals surface area contributed by atoms with Gasteiger partial charge in [0.05, 0.1) is 18.4 Å². The second-order valence-electron chi connectivity index (χ2n) is 6.93. The number of rotatable bonds is 5. The minimum absolute atomic E-state index is 0.0120. The van der Waals surface area contributed by atoms with Gasteiger partial charge < -0.3 is 10.1 Å². The number of anilines is 2. The van der Waals surface area contributed by atoms with Crippen LogP contribution in [0.25, 0.3) is 0 Å². The van der Waals surface area contributed by atoms with Gasteiger partial charge in [0.25, 0.3) is 5.56 Å². The van der Waals surface area contributed by atoms with Crippen molar-refractivity contribution in [1.82, 2.24) is 9.88 Å². The summed E-state index contributed by atoms with van der Waals surface area (Å²) in [4.78, 5) is 39.5. The Morgan fingerprint density at radius 1 is 1.34 bits per heavy atom. The van der Waals surface area contributed by atoms with Gasteiger partial charge in [-0.15, -0.1) is 0 Å². The molecule has 3 rings (SSSR count). The maximum atomic E-state index is 14.9. The summed E-state index contributed by atoms with van der Waals surface area (Å²) in [5.74, 6) is -1.02. The number of halogens is 2. The first-order chi connectivity index (χ1) is 13.7. The number of carbonyl (C=O) groups is 2. The van der Waals surface area contributed by atoms with E-state index in [4.69, 9.17) is 4.74 Å². The van der Waals surface area contributed by atoms with E-state index < -0.39 is 23.2 Å². The molecule has 0 radical (unpaired) electrons. The number of nitrogens with one attached hydrogen (secondary N) is 1. The van der Waals surface area contributed by atoms with Gasteiger partial charge >= 0.3 is 6.03 Å². The Bertz CT molecular complexity index is 1060. The Labute approximate surface area is 181 Å². The van der Waals surface area contributed by atoms with Crippen LogP contribution in [-0.2, 0) is 7.05 Å². The molecule has 0 bridgehead atoms. The molecule has 29 heavy (non-hydrogen) atoms. The van der Waals surface area contributed by atoms with Crippen molar-refractivity contribution < 1.29 is 18.7 Å². The number of pyridine rings is 1. The van der Waals surface area contributed by atoms with Crippen LogP contribution in [0.3, 0.4) is 0 Å². The Hall–Kier alpha value is -2.43. The van der Waals surface area contributed by atoms with Crippen molar-refractivity contribution in [1.29, 1.82) is 0 Å². The molecule has 1 aromatic carbocycles. The maximum Gasteiger partial charge on any atom is 0.328 e. The first kappa shape index (κ1) is 21.3. The molecule has 7 nitrogen and oxygen atoms in total. The van der Waals surface area contributed by atoms with Crippen molar-refractivity contribution in [2.75, 3.05) is 12.0 Å². The summed E-state index contributed by atoms with van der Waals surface area (Å²) in [6.45, 7) is 2.85. The lowest BCUT2D eigenvalue weighted by Crippen LogP contribution is -2.42. The second kappa shape index (κ2) is 8.13. The molecule has 1 saturated carbocycles. The monoisotopic (exact) mass is 513 g/mol. The van der Waals surface area contributed by atoms with Crippen LogP contribution in [-0.4, -0.2) is 29.5 Å². The standard InChI is InChI=1S/C20H21FIN3O4/c1-10-17(29-4)16(11(2)26)18(24(3)19(10)27)25(20(28)23-13-6-7-13)15-8-5-12(22)9-14(15)21/h5,8-9,13H,6-7H2,1-4H3,(H,23,28). The SMILES string of the molecule is COc1c(C(C)=O)c(N(C(=O)NC2CC2)c2ccc(I)cc2F)n(C)c(=O)c1C. The quantitative estimate of drug-likeness (QED) is 0.489. The smallest absolute Gasteiger partial charge is 0.328 e. The highest BCUT2D eigenvalue weighted by Crippen LogP contribution is 2.36. The van der Waals surface area contributed by atoms with E-state index in [1.807, 2.05) is 22.6 Å². The minimum Gasteiger partial charge on any atom is -0.495 e. The molecular formula is C20H21FIN3O4. The summed E-state index contributed by atoms with van der Waals surface area (Å²) in [7, 11) is 2.79. The third kappa shape index (κ3) is 4.00. The summed E-state index contributed by atoms with van der Waals surface area (Å²) < 4.78 is 22.1. The molecule has 0 spiro atoms. The number of ketones is 1. The zero-order valence-corrected chi connectivity index (χ0v) is 18.7. The highest BCUT2D eigenvalue weighted by atomic mass is 127. The number of hydrogen-bond donors (Lipinski definition) is 1. The van der Waals surface area contributed by atoms with Gasteiger partial charge in [-0.1, -0.05) is 0 Å². The molecule has 9 heteroatoms. The van der Waals surface area contributed by atoms with Gasteiger partial charge in [-0.05, 0) is 67.5 Å². The highest BCUT2D eigenvalue weighted by molar-refractivity contribution is 14.1. The van der Waals surface area contributed by atoms with Gasteiger partial charge in [-0.3, -0.25) is 14.2 Å². The number of Topliss-reactive ketones (excluding diaryl/α,β-unsaturated/α-hetero) is 1. The lowest BCUT2D eigenvalue weighted by Gasteiger charge is -2.28. The van der Waals surface area contributed by atoms with E-state index in [9.17, 15) is 18.8 Å². The number of aromatic nitrogens is 1. The second-order valence-corrected chi connectivity index (χ2v) is 8.18. The number of methoxy groups -OCH3 is 1. The normalized spacial score (nSPS) is 13.2. The number of ether oxygens (including phenoxy) is 1. The predicted molar refractivity (Wildman–Crippen MR) is 116 cm³/mol. The van der Waals surface area contributed by atoms with Crippen LogP contribution in [0.2, 0.25) is 0 Å². The predicted octanol–water partition coefficient (Wildman–Crippen LogP) is 3.66. The number of amides is 2. The molecule has 0 saturated heterocycles. The lowest BCUT2D eigenvalue weighted by molar-refractivity contribution is 0.101. The summed E-state index contributed by atoms with van der Waals surface area (Å²) >= 11 is 1.96. The highest BCUT2D eigenvalue weighted by Gasteiger charge is 2.34. The zero-order valence-electron chi connectivity index (χ0n) is 16.5. The molecule has 1 aliphatic rings. The van der Waals surface area contributed by atoms with E-state index in [1.54, 1.807) is 6.07 Å². The van der Waals surface area contributed by atoms with Gasteiger partial charge in [0.2, 0.25) is 0 Å². The first-order valence-electron chi connectivity index (χ1n) is 9.01. The van der Waals surface area contributed by atoms with Crippen LogP contribution in [0.15, 0.2) is 23.0 Å². The molecular weight excluding hydrogens is 492 g/mol. The molecule has 154 valence electrons. The van der Waals surface area contributed by atoms with E-state index in [0.717, 1.165) is 17.7 Å². The molecule has 2 aromatic rings. The Balaban J connectivity index is 2.36. The van der Waals surface area contributed by atoms with Crippen LogP contribution in [0.5, 0.6) is 5.75 Å². The molecule has 1 fully saturated rings. The molecule has 2 amide bonds. The Morgan fingerprint density at radius 2 is 2.00 bits per heavy atom. The molecule has 0 unspecified atom stereocenters. The average molecular weight is 513 g/mol. The third-order valence-corrected chi connectivity index (χ3v) is 5.43. The summed E-state index contributed by atoms with van der Waals surface area (Å²) in [5.41, 5.74) is -0.241. The first-order valence-corrected chi connectivity index (χ1v) is 10.1.